The number of fused-ring (bicyclic) bond motifs is 1. The zero-order chi connectivity index (χ0) is 18.8. The number of esters is 1. The summed E-state index contributed by atoms with van der Waals surface area (Å²) in [6, 6.07) is 6.98. The van der Waals surface area contributed by atoms with E-state index in [1.54, 1.807) is 12.1 Å². The maximum atomic E-state index is 12.4. The zero-order valence-corrected chi connectivity index (χ0v) is 15.1. The Morgan fingerprint density at radius 3 is 2.15 bits per heavy atom. The number of likely N-dealkylation sites (tertiary alicyclic amines) is 1. The van der Waals surface area contributed by atoms with Crippen molar-refractivity contribution in [1.82, 2.24) is 4.90 Å². The Labute approximate surface area is 152 Å². The van der Waals surface area contributed by atoms with Crippen LogP contribution >= 0.6 is 0 Å². The van der Waals surface area contributed by atoms with Crippen LogP contribution in [0.1, 0.15) is 48.5 Å². The van der Waals surface area contributed by atoms with Crippen LogP contribution < -0.4 is 0 Å². The van der Waals surface area contributed by atoms with Crippen LogP contribution in [-0.4, -0.2) is 41.1 Å². The van der Waals surface area contributed by atoms with E-state index in [1.165, 1.54) is 6.92 Å². The number of imide groups is 1. The molecule has 138 valence electrons. The number of nitrogens with zero attached hydrogens (tertiary/aromatic N) is 1. The van der Waals surface area contributed by atoms with E-state index in [0.29, 0.717) is 18.4 Å². The summed E-state index contributed by atoms with van der Waals surface area (Å²) < 4.78 is 5.17. The average molecular weight is 357 g/mol. The number of carbonyl (C=O) groups is 4. The van der Waals surface area contributed by atoms with Crippen molar-refractivity contribution in [1.29, 1.82) is 0 Å². The average Bonchev–Trinajstić information content (AvgIpc) is 2.87. The van der Waals surface area contributed by atoms with Crippen molar-refractivity contribution >= 4 is 23.6 Å². The van der Waals surface area contributed by atoms with Crippen molar-refractivity contribution in [2.45, 2.75) is 45.6 Å². The Hall–Kier alpha value is -2.50. The molecule has 1 aliphatic carbocycles. The van der Waals surface area contributed by atoms with Gasteiger partial charge in [0.2, 0.25) is 17.6 Å². The van der Waals surface area contributed by atoms with Gasteiger partial charge in [0.15, 0.2) is 6.10 Å². The lowest BCUT2D eigenvalue weighted by Gasteiger charge is -2.19. The van der Waals surface area contributed by atoms with Gasteiger partial charge in [-0.3, -0.25) is 24.1 Å². The van der Waals surface area contributed by atoms with Gasteiger partial charge in [0, 0.05) is 5.56 Å². The first-order valence-corrected chi connectivity index (χ1v) is 9.04. The molecule has 0 spiro atoms. The summed E-state index contributed by atoms with van der Waals surface area (Å²) >= 11 is 0. The first-order valence-electron chi connectivity index (χ1n) is 9.04. The second-order valence-corrected chi connectivity index (χ2v) is 7.12. The van der Waals surface area contributed by atoms with Crippen LogP contribution in [0.3, 0.4) is 0 Å². The number of aryl methyl sites for hydroxylation is 1. The SMILES string of the molecule is Cc1ccc(C(=O)C(C)OC(=O)CN2C(=O)C3CCCCC3C2=O)cc1. The van der Waals surface area contributed by atoms with Gasteiger partial charge in [-0.2, -0.15) is 0 Å². The molecular formula is C20H23NO5. The molecule has 1 heterocycles. The lowest BCUT2D eigenvalue weighted by Crippen LogP contribution is -2.38. The minimum Gasteiger partial charge on any atom is -0.453 e. The highest BCUT2D eigenvalue weighted by molar-refractivity contribution is 6.07. The molecule has 3 unspecified atom stereocenters. The standard InChI is InChI=1S/C20H23NO5/c1-12-7-9-14(10-8-12)18(23)13(2)26-17(22)11-21-19(24)15-5-3-4-6-16(15)20(21)25/h7-10,13,15-16H,3-6,11H2,1-2H3. The van der Waals surface area contributed by atoms with Gasteiger partial charge in [-0.25, -0.2) is 0 Å². The van der Waals surface area contributed by atoms with E-state index in [1.807, 2.05) is 19.1 Å². The minimum atomic E-state index is -0.972. The molecule has 1 saturated heterocycles. The van der Waals surface area contributed by atoms with Crippen molar-refractivity contribution in [3.05, 3.63) is 35.4 Å². The smallest absolute Gasteiger partial charge is 0.326 e. The molecule has 1 aromatic carbocycles. The van der Waals surface area contributed by atoms with Crippen LogP contribution in [-0.2, 0) is 19.1 Å². The normalized spacial score (nSPS) is 23.5. The number of hydrogen-bond donors (Lipinski definition) is 0. The maximum absolute atomic E-state index is 12.4. The van der Waals surface area contributed by atoms with Gasteiger partial charge < -0.3 is 4.74 Å². The second kappa shape index (κ2) is 7.40. The van der Waals surface area contributed by atoms with E-state index in [-0.39, 0.29) is 29.4 Å². The molecule has 0 aromatic heterocycles. The predicted octanol–water partition coefficient (Wildman–Crippen LogP) is 2.28. The number of hydrogen-bond acceptors (Lipinski definition) is 5. The van der Waals surface area contributed by atoms with Crippen LogP contribution in [0.25, 0.3) is 0 Å². The van der Waals surface area contributed by atoms with E-state index in [2.05, 4.69) is 0 Å². The molecule has 6 nitrogen and oxygen atoms in total. The third-order valence-electron chi connectivity index (χ3n) is 5.23. The Balaban J connectivity index is 1.59. The molecule has 3 atom stereocenters. The molecule has 1 aliphatic heterocycles. The van der Waals surface area contributed by atoms with Crippen molar-refractivity contribution < 1.29 is 23.9 Å². The van der Waals surface area contributed by atoms with Crippen molar-refractivity contribution in [3.63, 3.8) is 0 Å². The largest absolute Gasteiger partial charge is 0.453 e. The molecule has 2 fully saturated rings. The second-order valence-electron chi connectivity index (χ2n) is 7.12. The lowest BCUT2D eigenvalue weighted by molar-refractivity contribution is -0.154. The summed E-state index contributed by atoms with van der Waals surface area (Å²) in [4.78, 5) is 50.3. The van der Waals surface area contributed by atoms with E-state index < -0.39 is 18.6 Å². The Morgan fingerprint density at radius 2 is 1.62 bits per heavy atom. The number of ketones is 1. The van der Waals surface area contributed by atoms with Crippen LogP contribution in [0.5, 0.6) is 0 Å². The first-order chi connectivity index (χ1) is 12.4. The van der Waals surface area contributed by atoms with Crippen LogP contribution in [0.2, 0.25) is 0 Å². The van der Waals surface area contributed by atoms with Gasteiger partial charge in [0.05, 0.1) is 11.8 Å². The summed E-state index contributed by atoms with van der Waals surface area (Å²) in [5.74, 6) is -2.21. The molecular weight excluding hydrogens is 334 g/mol. The van der Waals surface area contributed by atoms with Gasteiger partial charge in [0.25, 0.3) is 0 Å². The zero-order valence-electron chi connectivity index (χ0n) is 15.1. The Bertz CT molecular complexity index is 715. The fraction of sp³-hybridized carbons (Fsp3) is 0.500. The summed E-state index contributed by atoms with van der Waals surface area (Å²) in [5.41, 5.74) is 1.48. The Morgan fingerprint density at radius 1 is 1.08 bits per heavy atom. The number of amides is 2. The monoisotopic (exact) mass is 357 g/mol. The molecule has 6 heteroatoms. The number of rotatable bonds is 5. The van der Waals surface area contributed by atoms with E-state index in [9.17, 15) is 19.2 Å². The van der Waals surface area contributed by atoms with Crippen LogP contribution in [0.15, 0.2) is 24.3 Å². The number of benzene rings is 1. The topological polar surface area (TPSA) is 80.8 Å². The van der Waals surface area contributed by atoms with Crippen LogP contribution in [0, 0.1) is 18.8 Å². The third-order valence-corrected chi connectivity index (χ3v) is 5.23. The van der Waals surface area contributed by atoms with E-state index >= 15 is 0 Å². The summed E-state index contributed by atoms with van der Waals surface area (Å²) in [7, 11) is 0. The quantitative estimate of drug-likeness (QED) is 0.459. The Kier molecular flexibility index (Phi) is 5.20. The summed E-state index contributed by atoms with van der Waals surface area (Å²) in [6.45, 7) is 2.99. The lowest BCUT2D eigenvalue weighted by atomic mass is 9.81. The molecule has 0 N–H and O–H groups in total. The van der Waals surface area contributed by atoms with Gasteiger partial charge in [-0.15, -0.1) is 0 Å². The van der Waals surface area contributed by atoms with E-state index in [0.717, 1.165) is 23.3 Å². The predicted molar refractivity (Wildman–Crippen MR) is 93.2 cm³/mol. The van der Waals surface area contributed by atoms with Crippen molar-refractivity contribution in [2.75, 3.05) is 6.54 Å². The molecule has 1 saturated carbocycles. The van der Waals surface area contributed by atoms with Crippen molar-refractivity contribution in [3.8, 4) is 0 Å². The fourth-order valence-corrected chi connectivity index (χ4v) is 3.76. The maximum Gasteiger partial charge on any atom is 0.326 e. The first kappa shape index (κ1) is 18.3. The van der Waals surface area contributed by atoms with Gasteiger partial charge in [-0.05, 0) is 26.7 Å². The molecule has 0 radical (unpaired) electrons. The van der Waals surface area contributed by atoms with Gasteiger partial charge in [0.1, 0.15) is 6.54 Å². The molecule has 1 aromatic rings. The summed E-state index contributed by atoms with van der Waals surface area (Å²) in [6.07, 6.45) is 2.29. The fourth-order valence-electron chi connectivity index (χ4n) is 3.76. The molecule has 2 aliphatic rings. The van der Waals surface area contributed by atoms with Gasteiger partial charge >= 0.3 is 5.97 Å². The molecule has 26 heavy (non-hydrogen) atoms. The summed E-state index contributed by atoms with van der Waals surface area (Å²) in [5, 5.41) is 0. The molecule has 3 rings (SSSR count). The number of Topliss-reactive ketones (excluding diaryl/α,β-unsaturated/α-hetero) is 1. The van der Waals surface area contributed by atoms with Gasteiger partial charge in [-0.1, -0.05) is 42.7 Å². The highest BCUT2D eigenvalue weighted by atomic mass is 16.5. The van der Waals surface area contributed by atoms with Crippen molar-refractivity contribution in [2.24, 2.45) is 11.8 Å². The highest BCUT2D eigenvalue weighted by Crippen LogP contribution is 2.37. The number of carbonyl (C=O) groups excluding carboxylic acids is 4. The molecule has 0 bridgehead atoms. The van der Waals surface area contributed by atoms with E-state index in [4.69, 9.17) is 4.74 Å². The highest BCUT2D eigenvalue weighted by Gasteiger charge is 2.48. The number of ether oxygens (including phenoxy) is 1. The minimum absolute atomic E-state index is 0.283. The van der Waals surface area contributed by atoms with Crippen LogP contribution in [0.4, 0.5) is 0 Å². The molecule has 2 amide bonds. The third kappa shape index (κ3) is 3.54.